The molecule has 5 heteroatoms. The first-order valence-electron chi connectivity index (χ1n) is 5.89. The van der Waals surface area contributed by atoms with E-state index in [4.69, 9.17) is 5.11 Å². The molecule has 0 radical (unpaired) electrons. The van der Waals surface area contributed by atoms with E-state index >= 15 is 0 Å². The molecule has 0 bridgehead atoms. The number of hydrogen-bond acceptors (Lipinski definition) is 3. The summed E-state index contributed by atoms with van der Waals surface area (Å²) >= 11 is 0. The minimum Gasteiger partial charge on any atom is -0.481 e. The third-order valence-corrected chi connectivity index (χ3v) is 2.77. The third kappa shape index (κ3) is 3.55. The summed E-state index contributed by atoms with van der Waals surface area (Å²) in [6, 6.07) is 3.60. The number of aromatic nitrogens is 1. The number of pyridine rings is 1. The first-order valence-corrected chi connectivity index (χ1v) is 5.89. The quantitative estimate of drug-likeness (QED) is 0.858. The molecule has 0 spiro atoms. The average Bonchev–Trinajstić information content (AvgIpc) is 2.37. The molecule has 5 nitrogen and oxygen atoms in total. The van der Waals surface area contributed by atoms with Crippen LogP contribution in [0.4, 0.5) is 0 Å². The van der Waals surface area contributed by atoms with E-state index in [1.807, 2.05) is 13.0 Å². The standard InChI is InChI=1S/C13H18N2O3/c1-4-10-5-6-14-11(7-10)12(16)15(3)8-9(2)13(17)18/h5-7,9H,4,8H2,1-3H3,(H,17,18). The molecule has 1 N–H and O–H groups in total. The number of rotatable bonds is 5. The van der Waals surface area contributed by atoms with Crippen molar-refractivity contribution in [2.24, 2.45) is 5.92 Å². The molecule has 1 rings (SSSR count). The zero-order valence-electron chi connectivity index (χ0n) is 10.9. The second-order valence-electron chi connectivity index (χ2n) is 4.33. The Labute approximate surface area is 106 Å². The highest BCUT2D eigenvalue weighted by Gasteiger charge is 2.19. The SMILES string of the molecule is CCc1ccnc(C(=O)N(C)CC(C)C(=O)O)c1. The fourth-order valence-electron chi connectivity index (χ4n) is 1.58. The number of carbonyl (C=O) groups is 2. The molecule has 0 aliphatic carbocycles. The Balaban J connectivity index is 2.76. The van der Waals surface area contributed by atoms with Crippen LogP contribution in [0.25, 0.3) is 0 Å². The van der Waals surface area contributed by atoms with E-state index in [0.717, 1.165) is 12.0 Å². The zero-order chi connectivity index (χ0) is 13.7. The topological polar surface area (TPSA) is 70.5 Å². The monoisotopic (exact) mass is 250 g/mol. The number of aryl methyl sites for hydroxylation is 1. The van der Waals surface area contributed by atoms with Crippen LogP contribution in [0.5, 0.6) is 0 Å². The fourth-order valence-corrected chi connectivity index (χ4v) is 1.58. The van der Waals surface area contributed by atoms with Gasteiger partial charge in [0.05, 0.1) is 5.92 Å². The lowest BCUT2D eigenvalue weighted by atomic mass is 10.1. The van der Waals surface area contributed by atoms with E-state index in [-0.39, 0.29) is 12.5 Å². The maximum absolute atomic E-state index is 12.0. The molecule has 1 amide bonds. The summed E-state index contributed by atoms with van der Waals surface area (Å²) in [5, 5.41) is 8.81. The first kappa shape index (κ1) is 14.2. The predicted octanol–water partition coefficient (Wildman–Crippen LogP) is 1.44. The van der Waals surface area contributed by atoms with Crippen LogP contribution in [-0.2, 0) is 11.2 Å². The van der Waals surface area contributed by atoms with Crippen LogP contribution in [0, 0.1) is 5.92 Å². The van der Waals surface area contributed by atoms with Gasteiger partial charge in [-0.25, -0.2) is 0 Å². The highest BCUT2D eigenvalue weighted by Crippen LogP contribution is 2.07. The van der Waals surface area contributed by atoms with Crippen molar-refractivity contribution in [2.75, 3.05) is 13.6 Å². The Kier molecular flexibility index (Phi) is 4.83. The smallest absolute Gasteiger partial charge is 0.308 e. The van der Waals surface area contributed by atoms with Gasteiger partial charge in [-0.1, -0.05) is 13.8 Å². The Morgan fingerprint density at radius 2 is 2.17 bits per heavy atom. The second-order valence-corrected chi connectivity index (χ2v) is 4.33. The van der Waals surface area contributed by atoms with Gasteiger partial charge >= 0.3 is 5.97 Å². The molecular formula is C13H18N2O3. The molecule has 1 unspecified atom stereocenters. The molecule has 1 heterocycles. The number of aliphatic carboxylic acids is 1. The summed E-state index contributed by atoms with van der Waals surface area (Å²) in [6.45, 7) is 3.74. The lowest BCUT2D eigenvalue weighted by molar-refractivity contribution is -0.141. The average molecular weight is 250 g/mol. The van der Waals surface area contributed by atoms with Crippen molar-refractivity contribution < 1.29 is 14.7 Å². The molecular weight excluding hydrogens is 232 g/mol. The van der Waals surface area contributed by atoms with Crippen molar-refractivity contribution in [3.05, 3.63) is 29.6 Å². The van der Waals surface area contributed by atoms with Crippen molar-refractivity contribution in [3.63, 3.8) is 0 Å². The van der Waals surface area contributed by atoms with E-state index in [1.54, 1.807) is 26.2 Å². The molecule has 0 aromatic carbocycles. The number of amides is 1. The van der Waals surface area contributed by atoms with E-state index < -0.39 is 11.9 Å². The molecule has 0 fully saturated rings. The Morgan fingerprint density at radius 1 is 1.50 bits per heavy atom. The minimum atomic E-state index is -0.912. The largest absolute Gasteiger partial charge is 0.481 e. The van der Waals surface area contributed by atoms with Crippen LogP contribution in [-0.4, -0.2) is 40.5 Å². The van der Waals surface area contributed by atoms with E-state index in [2.05, 4.69) is 4.98 Å². The maximum atomic E-state index is 12.0. The zero-order valence-corrected chi connectivity index (χ0v) is 10.9. The van der Waals surface area contributed by atoms with Gasteiger partial charge in [-0.2, -0.15) is 0 Å². The van der Waals surface area contributed by atoms with Crippen LogP contribution < -0.4 is 0 Å². The minimum absolute atomic E-state index is 0.173. The second kappa shape index (κ2) is 6.14. The van der Waals surface area contributed by atoms with Crippen molar-refractivity contribution >= 4 is 11.9 Å². The Morgan fingerprint density at radius 3 is 2.72 bits per heavy atom. The Hall–Kier alpha value is -1.91. The van der Waals surface area contributed by atoms with E-state index in [9.17, 15) is 9.59 Å². The molecule has 98 valence electrons. The van der Waals surface area contributed by atoms with Gasteiger partial charge in [0.25, 0.3) is 5.91 Å². The highest BCUT2D eigenvalue weighted by molar-refractivity contribution is 5.92. The number of nitrogens with zero attached hydrogens (tertiary/aromatic N) is 2. The van der Waals surface area contributed by atoms with Gasteiger partial charge in [0.2, 0.25) is 0 Å². The predicted molar refractivity (Wildman–Crippen MR) is 67.4 cm³/mol. The molecule has 0 saturated heterocycles. The summed E-state index contributed by atoms with van der Waals surface area (Å²) in [4.78, 5) is 28.2. The van der Waals surface area contributed by atoms with Gasteiger partial charge in [-0.05, 0) is 24.1 Å². The first-order chi connectivity index (χ1) is 8.45. The number of carbonyl (C=O) groups excluding carboxylic acids is 1. The van der Waals surface area contributed by atoms with Gasteiger partial charge in [0, 0.05) is 19.8 Å². The molecule has 0 aliphatic heterocycles. The highest BCUT2D eigenvalue weighted by atomic mass is 16.4. The number of hydrogen-bond donors (Lipinski definition) is 1. The van der Waals surface area contributed by atoms with Gasteiger partial charge in [-0.15, -0.1) is 0 Å². The van der Waals surface area contributed by atoms with Crippen molar-refractivity contribution in [1.29, 1.82) is 0 Å². The lowest BCUT2D eigenvalue weighted by Gasteiger charge is -2.19. The molecule has 1 atom stereocenters. The molecule has 0 aliphatic rings. The summed E-state index contributed by atoms with van der Waals surface area (Å²) in [5.74, 6) is -1.75. The number of carboxylic acids is 1. The summed E-state index contributed by atoms with van der Waals surface area (Å²) in [5.41, 5.74) is 1.39. The van der Waals surface area contributed by atoms with Gasteiger partial charge in [0.15, 0.2) is 0 Å². The van der Waals surface area contributed by atoms with E-state index in [0.29, 0.717) is 5.69 Å². The fraction of sp³-hybridized carbons (Fsp3) is 0.462. The third-order valence-electron chi connectivity index (χ3n) is 2.77. The van der Waals surface area contributed by atoms with Crippen molar-refractivity contribution in [2.45, 2.75) is 20.3 Å². The Bertz CT molecular complexity index is 446. The summed E-state index contributed by atoms with van der Waals surface area (Å²) < 4.78 is 0. The van der Waals surface area contributed by atoms with Crippen molar-refractivity contribution in [3.8, 4) is 0 Å². The van der Waals surface area contributed by atoms with Crippen LogP contribution in [0.3, 0.4) is 0 Å². The molecule has 1 aromatic rings. The van der Waals surface area contributed by atoms with Gasteiger partial charge in [-0.3, -0.25) is 14.6 Å². The lowest BCUT2D eigenvalue weighted by Crippen LogP contribution is -2.34. The van der Waals surface area contributed by atoms with Crippen LogP contribution >= 0.6 is 0 Å². The van der Waals surface area contributed by atoms with Gasteiger partial charge < -0.3 is 10.0 Å². The van der Waals surface area contributed by atoms with Gasteiger partial charge in [0.1, 0.15) is 5.69 Å². The van der Waals surface area contributed by atoms with Crippen LogP contribution in [0.1, 0.15) is 29.9 Å². The van der Waals surface area contributed by atoms with Crippen molar-refractivity contribution in [1.82, 2.24) is 9.88 Å². The molecule has 0 saturated carbocycles. The van der Waals surface area contributed by atoms with Crippen LogP contribution in [0.15, 0.2) is 18.3 Å². The molecule has 1 aromatic heterocycles. The summed E-state index contributed by atoms with van der Waals surface area (Å²) in [6.07, 6.45) is 2.43. The maximum Gasteiger partial charge on any atom is 0.308 e. The summed E-state index contributed by atoms with van der Waals surface area (Å²) in [7, 11) is 1.59. The van der Waals surface area contributed by atoms with Crippen LogP contribution in [0.2, 0.25) is 0 Å². The molecule has 18 heavy (non-hydrogen) atoms. The normalized spacial score (nSPS) is 11.9. The number of carboxylic acid groups (broad SMARTS) is 1. The van der Waals surface area contributed by atoms with E-state index in [1.165, 1.54) is 4.90 Å².